The van der Waals surface area contributed by atoms with Crippen molar-refractivity contribution in [3.63, 3.8) is 0 Å². The highest BCUT2D eigenvalue weighted by Gasteiger charge is 2.24. The molecule has 1 aliphatic carbocycles. The van der Waals surface area contributed by atoms with Crippen LogP contribution in [0.3, 0.4) is 0 Å². The van der Waals surface area contributed by atoms with Crippen molar-refractivity contribution >= 4 is 21.6 Å². The Morgan fingerprint density at radius 3 is 2.50 bits per heavy atom. The largest absolute Gasteiger partial charge is 0.326 e. The van der Waals surface area contributed by atoms with Crippen LogP contribution >= 0.6 is 0 Å². The highest BCUT2D eigenvalue weighted by Crippen LogP contribution is 2.28. The molecule has 7 heteroatoms. The van der Waals surface area contributed by atoms with Crippen LogP contribution < -0.4 is 15.4 Å². The summed E-state index contributed by atoms with van der Waals surface area (Å²) in [5.74, 6) is 1.05. The molecule has 1 saturated heterocycles. The molecule has 0 bridgehead atoms. The van der Waals surface area contributed by atoms with E-state index >= 15 is 0 Å². The lowest BCUT2D eigenvalue weighted by atomic mass is 10.0. The van der Waals surface area contributed by atoms with Gasteiger partial charge in [-0.2, -0.15) is 0 Å². The van der Waals surface area contributed by atoms with Crippen LogP contribution in [0.15, 0.2) is 29.2 Å². The first kappa shape index (κ1) is 17.4. The van der Waals surface area contributed by atoms with Gasteiger partial charge in [0.15, 0.2) is 0 Å². The van der Waals surface area contributed by atoms with Crippen molar-refractivity contribution in [2.75, 3.05) is 25.0 Å². The number of amides is 1. The van der Waals surface area contributed by atoms with Gasteiger partial charge in [-0.25, -0.2) is 13.1 Å². The van der Waals surface area contributed by atoms with Gasteiger partial charge in [0.2, 0.25) is 15.9 Å². The molecule has 1 aromatic carbocycles. The van der Waals surface area contributed by atoms with Crippen molar-refractivity contribution in [1.82, 2.24) is 10.0 Å². The maximum absolute atomic E-state index is 12.1. The molecule has 24 heavy (non-hydrogen) atoms. The minimum Gasteiger partial charge on any atom is -0.326 e. The Labute approximate surface area is 143 Å². The molecular formula is C17H25N3O3S. The van der Waals surface area contributed by atoms with E-state index in [4.69, 9.17) is 0 Å². The van der Waals surface area contributed by atoms with Crippen LogP contribution in [0.5, 0.6) is 0 Å². The molecule has 0 aromatic heterocycles. The molecule has 0 spiro atoms. The third-order valence-corrected chi connectivity index (χ3v) is 6.09. The predicted molar refractivity (Wildman–Crippen MR) is 93.2 cm³/mol. The highest BCUT2D eigenvalue weighted by molar-refractivity contribution is 7.89. The number of benzene rings is 1. The first-order chi connectivity index (χ1) is 11.5. The summed E-state index contributed by atoms with van der Waals surface area (Å²) >= 11 is 0. The fraction of sp³-hybridized carbons (Fsp3) is 0.588. The van der Waals surface area contributed by atoms with Gasteiger partial charge in [0.25, 0.3) is 0 Å². The molecule has 1 heterocycles. The number of sulfonamides is 1. The molecular weight excluding hydrogens is 326 g/mol. The number of hydrogen-bond acceptors (Lipinski definition) is 4. The normalized spacial score (nSPS) is 20.9. The summed E-state index contributed by atoms with van der Waals surface area (Å²) in [5, 5.41) is 6.12. The van der Waals surface area contributed by atoms with Crippen molar-refractivity contribution in [3.8, 4) is 0 Å². The molecule has 1 atom stereocenters. The Hall–Kier alpha value is -1.44. The van der Waals surface area contributed by atoms with E-state index in [0.717, 1.165) is 38.8 Å². The molecule has 1 amide bonds. The summed E-state index contributed by atoms with van der Waals surface area (Å²) in [6.45, 7) is 2.54. The van der Waals surface area contributed by atoms with Gasteiger partial charge in [-0.05, 0) is 74.9 Å². The molecule has 3 rings (SSSR count). The van der Waals surface area contributed by atoms with E-state index in [1.807, 2.05) is 0 Å². The molecule has 2 fully saturated rings. The van der Waals surface area contributed by atoms with Crippen molar-refractivity contribution in [2.45, 2.75) is 37.0 Å². The first-order valence-electron chi connectivity index (χ1n) is 8.63. The monoisotopic (exact) mass is 351 g/mol. The fourth-order valence-electron chi connectivity index (χ4n) is 2.87. The Morgan fingerprint density at radius 2 is 1.88 bits per heavy atom. The summed E-state index contributed by atoms with van der Waals surface area (Å²) in [6.07, 6.45) is 4.72. The summed E-state index contributed by atoms with van der Waals surface area (Å²) in [7, 11) is -3.45. The van der Waals surface area contributed by atoms with Crippen LogP contribution in [0, 0.1) is 11.8 Å². The molecule has 3 N–H and O–H groups in total. The van der Waals surface area contributed by atoms with E-state index in [-0.39, 0.29) is 10.8 Å². The SMILES string of the molecule is O=C(CCC1CCNC1)Nc1ccc(S(=O)(=O)NCC2CC2)cc1. The Morgan fingerprint density at radius 1 is 1.12 bits per heavy atom. The molecule has 0 radical (unpaired) electrons. The fourth-order valence-corrected chi connectivity index (χ4v) is 3.99. The summed E-state index contributed by atoms with van der Waals surface area (Å²) in [4.78, 5) is 12.2. The average Bonchev–Trinajstić information content (AvgIpc) is 3.25. The second-order valence-electron chi connectivity index (χ2n) is 6.77. The number of rotatable bonds is 8. The van der Waals surface area contributed by atoms with Gasteiger partial charge in [0.1, 0.15) is 0 Å². The Balaban J connectivity index is 1.48. The van der Waals surface area contributed by atoms with E-state index in [2.05, 4.69) is 15.4 Å². The summed E-state index contributed by atoms with van der Waals surface area (Å²) < 4.78 is 26.9. The Bertz CT molecular complexity index is 663. The minimum atomic E-state index is -3.45. The van der Waals surface area contributed by atoms with Crippen LogP contribution in [0.1, 0.15) is 32.1 Å². The molecule has 1 unspecified atom stereocenters. The molecule has 6 nitrogen and oxygen atoms in total. The standard InChI is InChI=1S/C17H25N3O3S/c21-17(8-3-14-9-10-18-11-14)20-15-4-6-16(7-5-15)24(22,23)19-12-13-1-2-13/h4-7,13-14,18-19H,1-3,8-12H2,(H,20,21). The van der Waals surface area contributed by atoms with Crippen molar-refractivity contribution in [2.24, 2.45) is 11.8 Å². The summed E-state index contributed by atoms with van der Waals surface area (Å²) in [6, 6.07) is 6.35. The zero-order valence-electron chi connectivity index (χ0n) is 13.8. The van der Waals surface area contributed by atoms with Crippen molar-refractivity contribution < 1.29 is 13.2 Å². The maximum Gasteiger partial charge on any atom is 0.240 e. The van der Waals surface area contributed by atoms with Gasteiger partial charge >= 0.3 is 0 Å². The van der Waals surface area contributed by atoms with Gasteiger partial charge < -0.3 is 10.6 Å². The molecule has 2 aliphatic rings. The second-order valence-corrected chi connectivity index (χ2v) is 8.53. The zero-order valence-corrected chi connectivity index (χ0v) is 14.6. The maximum atomic E-state index is 12.1. The zero-order chi connectivity index (χ0) is 17.0. The number of nitrogens with one attached hydrogen (secondary N) is 3. The minimum absolute atomic E-state index is 0.0237. The van der Waals surface area contributed by atoms with Crippen LogP contribution in [0.25, 0.3) is 0 Å². The lowest BCUT2D eigenvalue weighted by Crippen LogP contribution is -2.25. The number of carbonyl (C=O) groups excluding carboxylic acids is 1. The van der Waals surface area contributed by atoms with E-state index in [1.165, 1.54) is 12.1 Å². The van der Waals surface area contributed by atoms with Crippen molar-refractivity contribution in [3.05, 3.63) is 24.3 Å². The predicted octanol–water partition coefficient (Wildman–Crippen LogP) is 1.70. The van der Waals surface area contributed by atoms with E-state index in [1.54, 1.807) is 12.1 Å². The third kappa shape index (κ3) is 5.03. The molecule has 1 aliphatic heterocycles. The van der Waals surface area contributed by atoms with Crippen LogP contribution in [-0.2, 0) is 14.8 Å². The van der Waals surface area contributed by atoms with Crippen LogP contribution in [0.2, 0.25) is 0 Å². The summed E-state index contributed by atoms with van der Waals surface area (Å²) in [5.41, 5.74) is 0.630. The topological polar surface area (TPSA) is 87.3 Å². The van der Waals surface area contributed by atoms with Gasteiger partial charge in [-0.15, -0.1) is 0 Å². The van der Waals surface area contributed by atoms with Gasteiger partial charge in [-0.1, -0.05) is 0 Å². The molecule has 1 aromatic rings. The third-order valence-electron chi connectivity index (χ3n) is 4.65. The molecule has 132 valence electrons. The van der Waals surface area contributed by atoms with Gasteiger partial charge in [0.05, 0.1) is 4.90 Å². The number of carbonyl (C=O) groups is 1. The first-order valence-corrected chi connectivity index (χ1v) is 10.1. The smallest absolute Gasteiger partial charge is 0.240 e. The van der Waals surface area contributed by atoms with Gasteiger partial charge in [0, 0.05) is 18.7 Å². The van der Waals surface area contributed by atoms with Gasteiger partial charge in [-0.3, -0.25) is 4.79 Å². The van der Waals surface area contributed by atoms with E-state index in [9.17, 15) is 13.2 Å². The lowest BCUT2D eigenvalue weighted by Gasteiger charge is -2.10. The highest BCUT2D eigenvalue weighted by atomic mass is 32.2. The van der Waals surface area contributed by atoms with Crippen LogP contribution in [0.4, 0.5) is 5.69 Å². The van der Waals surface area contributed by atoms with Crippen molar-refractivity contribution in [1.29, 1.82) is 0 Å². The average molecular weight is 351 g/mol. The van der Waals surface area contributed by atoms with E-state index < -0.39 is 10.0 Å². The van der Waals surface area contributed by atoms with E-state index in [0.29, 0.717) is 30.5 Å². The lowest BCUT2D eigenvalue weighted by molar-refractivity contribution is -0.116. The second kappa shape index (κ2) is 7.63. The molecule has 1 saturated carbocycles. The quantitative estimate of drug-likeness (QED) is 0.665. The van der Waals surface area contributed by atoms with Crippen LogP contribution in [-0.4, -0.2) is 34.0 Å². The number of anilines is 1. The Kier molecular flexibility index (Phi) is 5.53. The number of hydrogen-bond donors (Lipinski definition) is 3.